The number of hydrogen-bond acceptors (Lipinski definition) is 2. The molecule has 2 radical (unpaired) electrons. The summed E-state index contributed by atoms with van der Waals surface area (Å²) in [4.78, 5) is 18.7. The van der Waals surface area contributed by atoms with Crippen LogP contribution in [0, 0.1) is 0 Å². The van der Waals surface area contributed by atoms with E-state index in [0.717, 1.165) is 0 Å². The molecule has 0 atom stereocenters. The van der Waals surface area contributed by atoms with Gasteiger partial charge in [0.25, 0.3) is 0 Å². The van der Waals surface area contributed by atoms with Gasteiger partial charge in [-0.15, -0.1) is 0 Å². The molecule has 2 aromatic carbocycles. The van der Waals surface area contributed by atoms with E-state index in [-0.39, 0.29) is 12.8 Å². The maximum atomic E-state index is 9.37. The Balaban J connectivity index is 0.000000406. The number of carbonyl (C=O) groups is 2. The summed E-state index contributed by atoms with van der Waals surface area (Å²) < 4.78 is 3.08. The van der Waals surface area contributed by atoms with Crippen LogP contribution in [0.2, 0.25) is 0 Å². The van der Waals surface area contributed by atoms with Gasteiger partial charge in [-0.05, 0) is 0 Å². The summed E-state index contributed by atoms with van der Waals surface area (Å²) in [6.07, 6.45) is 0.444. The van der Waals surface area contributed by atoms with Crippen LogP contribution in [0.1, 0.15) is 26.7 Å². The summed E-state index contributed by atoms with van der Waals surface area (Å²) >= 11 is -0.517. The van der Waals surface area contributed by atoms with Crippen molar-refractivity contribution in [3.63, 3.8) is 0 Å². The minimum absolute atomic E-state index is 0.222. The molecule has 0 aliphatic rings. The van der Waals surface area contributed by atoms with Gasteiger partial charge in [-0.2, -0.15) is 0 Å². The predicted molar refractivity (Wildman–Crippen MR) is 93.8 cm³/mol. The SMILES string of the molecule is CCC(=O)O.CCC(=O)O.c1cc[c]([Sn][c]2ccccc2)cc1. The molecule has 0 heterocycles. The van der Waals surface area contributed by atoms with E-state index in [1.807, 2.05) is 0 Å². The van der Waals surface area contributed by atoms with Gasteiger partial charge in [-0.1, -0.05) is 13.8 Å². The van der Waals surface area contributed by atoms with E-state index >= 15 is 0 Å². The molecule has 0 spiro atoms. The molecule has 4 nitrogen and oxygen atoms in total. The van der Waals surface area contributed by atoms with Crippen LogP contribution in [0.3, 0.4) is 0 Å². The fourth-order valence-corrected chi connectivity index (χ4v) is 4.21. The second-order valence-electron chi connectivity index (χ2n) is 4.35. The topological polar surface area (TPSA) is 74.6 Å². The Bertz CT molecular complexity index is 504. The van der Waals surface area contributed by atoms with E-state index in [2.05, 4.69) is 60.7 Å². The summed E-state index contributed by atoms with van der Waals surface area (Å²) in [6.45, 7) is 3.20. The number of carboxylic acids is 2. The van der Waals surface area contributed by atoms with Gasteiger partial charge in [-0.3, -0.25) is 9.59 Å². The molecule has 0 saturated carbocycles. The zero-order chi connectivity index (χ0) is 17.5. The standard InChI is InChI=1S/2C6H5.2C3H6O2.Sn/c2*1-2-4-6-5-3-1;2*1-2-3(4)5;/h2*1-5H;2*2H2,1H3,(H,4,5);. The molecule has 0 aliphatic heterocycles. The Labute approximate surface area is 147 Å². The second-order valence-corrected chi connectivity index (χ2v) is 8.36. The number of rotatable bonds is 4. The van der Waals surface area contributed by atoms with Gasteiger partial charge in [0.1, 0.15) is 0 Å². The van der Waals surface area contributed by atoms with E-state index in [1.54, 1.807) is 13.8 Å². The molecule has 0 amide bonds. The average molecular weight is 421 g/mol. The summed E-state index contributed by atoms with van der Waals surface area (Å²) in [7, 11) is 0. The molecule has 5 heteroatoms. The van der Waals surface area contributed by atoms with Crippen molar-refractivity contribution in [1.82, 2.24) is 0 Å². The van der Waals surface area contributed by atoms with E-state index in [4.69, 9.17) is 10.2 Å². The van der Waals surface area contributed by atoms with Crippen LogP contribution in [0.4, 0.5) is 0 Å². The average Bonchev–Trinajstić information content (AvgIpc) is 2.58. The second kappa shape index (κ2) is 13.8. The van der Waals surface area contributed by atoms with Crippen molar-refractivity contribution >= 4 is 40.2 Å². The van der Waals surface area contributed by atoms with Crippen molar-refractivity contribution in [2.24, 2.45) is 0 Å². The molecule has 0 fully saturated rings. The Morgan fingerprint density at radius 2 is 1.00 bits per heavy atom. The molecule has 122 valence electrons. The van der Waals surface area contributed by atoms with Gasteiger partial charge in [0, 0.05) is 12.8 Å². The third kappa shape index (κ3) is 13.6. The predicted octanol–water partition coefficient (Wildman–Crippen LogP) is 2.30. The van der Waals surface area contributed by atoms with Crippen molar-refractivity contribution in [1.29, 1.82) is 0 Å². The molecule has 2 N–H and O–H groups in total. The first kappa shape index (κ1) is 21.2. The first-order chi connectivity index (χ1) is 11.0. The van der Waals surface area contributed by atoms with Crippen LogP contribution < -0.4 is 7.16 Å². The molecule has 2 rings (SSSR count). The number of aliphatic carboxylic acids is 2. The summed E-state index contributed by atoms with van der Waals surface area (Å²) in [5.74, 6) is -1.49. The van der Waals surface area contributed by atoms with Crippen LogP contribution in [-0.4, -0.2) is 43.3 Å². The van der Waals surface area contributed by atoms with Crippen molar-refractivity contribution in [2.45, 2.75) is 26.7 Å². The molecule has 0 aliphatic carbocycles. The van der Waals surface area contributed by atoms with Gasteiger partial charge < -0.3 is 10.2 Å². The molecular weight excluding hydrogens is 399 g/mol. The van der Waals surface area contributed by atoms with E-state index < -0.39 is 33.1 Å². The van der Waals surface area contributed by atoms with Gasteiger partial charge in [0.2, 0.25) is 0 Å². The molecule has 2 aromatic rings. The van der Waals surface area contributed by atoms with Gasteiger partial charge in [0.15, 0.2) is 0 Å². The molecule has 0 unspecified atom stereocenters. The summed E-state index contributed by atoms with van der Waals surface area (Å²) in [6, 6.07) is 21.6. The van der Waals surface area contributed by atoms with Crippen molar-refractivity contribution in [2.75, 3.05) is 0 Å². The Morgan fingerprint density at radius 3 is 1.22 bits per heavy atom. The Hall–Kier alpha value is -1.82. The fourth-order valence-electron chi connectivity index (χ4n) is 1.21. The maximum absolute atomic E-state index is 9.37. The zero-order valence-corrected chi connectivity index (χ0v) is 16.3. The molecule has 23 heavy (non-hydrogen) atoms. The van der Waals surface area contributed by atoms with E-state index in [0.29, 0.717) is 0 Å². The van der Waals surface area contributed by atoms with Crippen LogP contribution in [0.5, 0.6) is 0 Å². The van der Waals surface area contributed by atoms with E-state index in [9.17, 15) is 9.59 Å². The van der Waals surface area contributed by atoms with Crippen LogP contribution in [0.15, 0.2) is 60.7 Å². The zero-order valence-electron chi connectivity index (χ0n) is 13.4. The van der Waals surface area contributed by atoms with Gasteiger partial charge in [0.05, 0.1) is 0 Å². The number of benzene rings is 2. The van der Waals surface area contributed by atoms with Crippen LogP contribution in [0.25, 0.3) is 0 Å². The van der Waals surface area contributed by atoms with Crippen molar-refractivity contribution in [3.05, 3.63) is 60.7 Å². The molecular formula is C18H22O4Sn. The molecule has 0 bridgehead atoms. The summed E-state index contributed by atoms with van der Waals surface area (Å²) in [5.41, 5.74) is 0. The summed E-state index contributed by atoms with van der Waals surface area (Å²) in [5, 5.41) is 15.4. The first-order valence-corrected chi connectivity index (χ1v) is 10.2. The first-order valence-electron chi connectivity index (χ1n) is 7.30. The van der Waals surface area contributed by atoms with Crippen molar-refractivity contribution in [3.8, 4) is 0 Å². The molecule has 0 aromatic heterocycles. The Kier molecular flexibility index (Phi) is 12.7. The monoisotopic (exact) mass is 422 g/mol. The van der Waals surface area contributed by atoms with Gasteiger partial charge in [-0.25, -0.2) is 0 Å². The van der Waals surface area contributed by atoms with Crippen LogP contribution in [-0.2, 0) is 9.59 Å². The van der Waals surface area contributed by atoms with E-state index in [1.165, 1.54) is 7.16 Å². The number of hydrogen-bond donors (Lipinski definition) is 2. The van der Waals surface area contributed by atoms with Crippen LogP contribution >= 0.6 is 0 Å². The third-order valence-electron chi connectivity index (χ3n) is 2.44. The minimum atomic E-state index is -0.745. The third-order valence-corrected chi connectivity index (χ3v) is 5.99. The number of carboxylic acid groups (broad SMARTS) is 2. The molecule has 0 saturated heterocycles. The normalized spacial score (nSPS) is 8.78. The quantitative estimate of drug-likeness (QED) is 0.744. The Morgan fingerprint density at radius 1 is 0.739 bits per heavy atom. The van der Waals surface area contributed by atoms with Crippen molar-refractivity contribution < 1.29 is 19.8 Å². The fraction of sp³-hybridized carbons (Fsp3) is 0.222. The van der Waals surface area contributed by atoms with Gasteiger partial charge >= 0.3 is 101 Å².